The summed E-state index contributed by atoms with van der Waals surface area (Å²) >= 11 is 10.9. The fraction of sp³-hybridized carbons (Fsp3) is 0.182. The van der Waals surface area contributed by atoms with E-state index in [1.807, 2.05) is 6.07 Å². The van der Waals surface area contributed by atoms with Gasteiger partial charge in [0, 0.05) is 0 Å². The molecule has 3 aromatic rings. The van der Waals surface area contributed by atoms with Crippen molar-refractivity contribution in [2.75, 3.05) is 0 Å². The number of imidazole rings is 1. The first-order chi connectivity index (χ1) is 13.6. The van der Waals surface area contributed by atoms with Crippen molar-refractivity contribution in [2.45, 2.75) is 26.9 Å². The second-order valence-electron chi connectivity index (χ2n) is 6.35. The molecule has 1 aromatic heterocycles. The summed E-state index contributed by atoms with van der Waals surface area (Å²) < 4.78 is 6.39. The second-order valence-corrected chi connectivity index (χ2v) is 11.5. The van der Waals surface area contributed by atoms with Crippen LogP contribution in [0.3, 0.4) is 0 Å². The molecular formula is C22H20Cl3N2Ru-3. The molecule has 150 valence electrons. The standard InChI is InChI=1S/C15H10.C7H10Cl2N2.ClH.Ru/c1-2-6-12(7-3-1)15-11-10-13-8-4-5-9-14(13)15;1-3-10-5-11(4-2)7(9)6(10)8;;/h1-9,11H;3-4H2,1-2H3;1H;/q;;;-2/p-1. The molecule has 2 nitrogen and oxygen atoms in total. The zero-order valence-electron chi connectivity index (χ0n) is 15.6. The van der Waals surface area contributed by atoms with E-state index in [4.69, 9.17) is 32.9 Å². The first-order valence-corrected chi connectivity index (χ1v) is 13.9. The van der Waals surface area contributed by atoms with Gasteiger partial charge in [-0.1, -0.05) is 0 Å². The molecule has 1 heterocycles. The van der Waals surface area contributed by atoms with Crippen molar-refractivity contribution in [2.24, 2.45) is 0 Å². The van der Waals surface area contributed by atoms with Crippen LogP contribution in [0, 0.1) is 4.01 Å². The van der Waals surface area contributed by atoms with Crippen LogP contribution in [0.4, 0.5) is 0 Å². The molecule has 0 N–H and O–H groups in total. The monoisotopic (exact) mass is 519 g/mol. The number of hydrogen-bond donors (Lipinski definition) is 0. The third-order valence-electron chi connectivity index (χ3n) is 4.84. The van der Waals surface area contributed by atoms with Gasteiger partial charge in [0.2, 0.25) is 0 Å². The molecule has 0 amide bonds. The molecule has 0 aliphatic heterocycles. The number of aromatic nitrogens is 2. The molecule has 4 rings (SSSR count). The van der Waals surface area contributed by atoms with Crippen LogP contribution in [0.5, 0.6) is 0 Å². The normalized spacial score (nSPS) is 16.1. The van der Waals surface area contributed by atoms with Gasteiger partial charge in [-0.2, -0.15) is 0 Å². The fourth-order valence-corrected chi connectivity index (χ4v) is 9.27. The first-order valence-electron chi connectivity index (χ1n) is 9.12. The van der Waals surface area contributed by atoms with E-state index in [2.05, 4.69) is 77.6 Å². The molecule has 6 heteroatoms. The molecule has 0 unspecified atom stereocenters. The number of fused-ring (bicyclic) bond motifs is 1. The number of hydrogen-bond acceptors (Lipinski definition) is 0. The molecule has 0 radical (unpaired) electrons. The van der Waals surface area contributed by atoms with E-state index in [-0.39, 0.29) is 0 Å². The van der Waals surface area contributed by atoms with Crippen molar-refractivity contribution in [3.63, 3.8) is 0 Å². The average molecular weight is 520 g/mol. The van der Waals surface area contributed by atoms with E-state index in [1.54, 1.807) is 0 Å². The van der Waals surface area contributed by atoms with Crippen molar-refractivity contribution in [3.8, 4) is 0 Å². The predicted molar refractivity (Wildman–Crippen MR) is 117 cm³/mol. The number of allylic oxidation sites excluding steroid dienone is 1. The van der Waals surface area contributed by atoms with Crippen LogP contribution >= 0.6 is 32.9 Å². The van der Waals surface area contributed by atoms with Gasteiger partial charge in [0.1, 0.15) is 0 Å². The summed E-state index contributed by atoms with van der Waals surface area (Å²) in [6.45, 7) is 5.62. The summed E-state index contributed by atoms with van der Waals surface area (Å²) in [6.07, 6.45) is 2.26. The molecule has 0 spiro atoms. The minimum absolute atomic E-state index is 0.569. The zero-order valence-corrected chi connectivity index (χ0v) is 19.6. The van der Waals surface area contributed by atoms with Crippen LogP contribution in [-0.4, -0.2) is 13.2 Å². The van der Waals surface area contributed by atoms with Gasteiger partial charge in [-0.3, -0.25) is 0 Å². The third kappa shape index (κ3) is 3.23. The van der Waals surface area contributed by atoms with Crippen molar-refractivity contribution in [1.82, 2.24) is 9.13 Å². The van der Waals surface area contributed by atoms with Gasteiger partial charge in [0.15, 0.2) is 0 Å². The SMILES string of the molecule is CCn1c(Cl)c(Cl)n(CC)[c]1=[Ru-3](/[Cl])=[C]1\C=C(c2ccccc2)c2ccccc21. The van der Waals surface area contributed by atoms with E-state index in [0.29, 0.717) is 10.3 Å². The number of halogens is 3. The Morgan fingerprint density at radius 3 is 1.89 bits per heavy atom. The van der Waals surface area contributed by atoms with Gasteiger partial charge in [0.05, 0.1) is 0 Å². The zero-order chi connectivity index (χ0) is 19.8. The van der Waals surface area contributed by atoms with E-state index in [0.717, 1.165) is 17.1 Å². The molecule has 0 fully saturated rings. The quantitative estimate of drug-likeness (QED) is 0.345. The van der Waals surface area contributed by atoms with E-state index in [9.17, 15) is 0 Å². The Hall–Kier alpha value is -1.25. The third-order valence-corrected chi connectivity index (χ3v) is 10.4. The van der Waals surface area contributed by atoms with E-state index in [1.165, 1.54) is 26.4 Å². The Kier molecular flexibility index (Phi) is 5.90. The molecule has 0 saturated carbocycles. The Bertz CT molecular complexity index is 1180. The second kappa shape index (κ2) is 8.24. The van der Waals surface area contributed by atoms with Crippen molar-refractivity contribution in [1.29, 1.82) is 0 Å². The van der Waals surface area contributed by atoms with Gasteiger partial charge in [-0.15, -0.1) is 0 Å². The fourth-order valence-electron chi connectivity index (χ4n) is 3.49. The van der Waals surface area contributed by atoms with Gasteiger partial charge in [0.25, 0.3) is 0 Å². The van der Waals surface area contributed by atoms with E-state index < -0.39 is 14.1 Å². The summed E-state index contributed by atoms with van der Waals surface area (Å²) in [4.78, 5) is 0. The maximum absolute atomic E-state index is 7.25. The minimum atomic E-state index is -2.12. The van der Waals surface area contributed by atoms with Crippen molar-refractivity contribution < 1.29 is 14.1 Å². The van der Waals surface area contributed by atoms with Gasteiger partial charge in [-0.05, 0) is 0 Å². The molecule has 0 bridgehead atoms. The number of rotatable bonds is 3. The topological polar surface area (TPSA) is 9.86 Å². The maximum atomic E-state index is 7.25. The number of nitrogens with zero attached hydrogens (tertiary/aromatic N) is 2. The van der Waals surface area contributed by atoms with Crippen molar-refractivity contribution >= 4 is 42.6 Å². The molecule has 1 aliphatic rings. The van der Waals surface area contributed by atoms with Crippen LogP contribution in [-0.2, 0) is 27.1 Å². The van der Waals surface area contributed by atoms with E-state index >= 15 is 0 Å². The van der Waals surface area contributed by atoms with Crippen LogP contribution < -0.4 is 0 Å². The molecule has 0 saturated heterocycles. The molecule has 1 aliphatic carbocycles. The Morgan fingerprint density at radius 1 is 0.786 bits per heavy atom. The first kappa shape index (κ1) is 20.0. The summed E-state index contributed by atoms with van der Waals surface area (Å²) in [7, 11) is 7.25. The van der Waals surface area contributed by atoms with Crippen molar-refractivity contribution in [3.05, 3.63) is 91.7 Å². The van der Waals surface area contributed by atoms with Crippen LogP contribution in [0.2, 0.25) is 10.3 Å². The van der Waals surface area contributed by atoms with Gasteiger partial charge >= 0.3 is 184 Å². The Morgan fingerprint density at radius 2 is 1.32 bits per heavy atom. The Labute approximate surface area is 183 Å². The van der Waals surface area contributed by atoms with Gasteiger partial charge < -0.3 is 0 Å². The summed E-state index contributed by atoms with van der Waals surface area (Å²) in [5.74, 6) is 0. The summed E-state index contributed by atoms with van der Waals surface area (Å²) in [5.41, 5.74) is 4.88. The van der Waals surface area contributed by atoms with Crippen LogP contribution in [0.15, 0.2) is 60.7 Å². The van der Waals surface area contributed by atoms with Gasteiger partial charge in [-0.25, -0.2) is 0 Å². The molecule has 2 aromatic carbocycles. The summed E-state index contributed by atoms with van der Waals surface area (Å²) in [6, 6.07) is 19.0. The number of benzene rings is 2. The molecular weight excluding hydrogens is 500 g/mol. The molecule has 0 atom stereocenters. The summed E-state index contributed by atoms with van der Waals surface area (Å²) in [5, 5.41) is 1.14. The Balaban J connectivity index is 2.15. The average Bonchev–Trinajstić information content (AvgIpc) is 3.24. The molecule has 28 heavy (non-hydrogen) atoms. The van der Waals surface area contributed by atoms with Crippen LogP contribution in [0.1, 0.15) is 30.5 Å². The predicted octanol–water partition coefficient (Wildman–Crippen LogP) is 6.61. The van der Waals surface area contributed by atoms with Crippen LogP contribution in [0.25, 0.3) is 5.57 Å².